The van der Waals surface area contributed by atoms with Crippen LogP contribution in [-0.2, 0) is 4.79 Å². The van der Waals surface area contributed by atoms with Gasteiger partial charge in [0.25, 0.3) is 0 Å². The zero-order valence-electron chi connectivity index (χ0n) is 9.09. The van der Waals surface area contributed by atoms with E-state index in [1.165, 1.54) is 0 Å². The summed E-state index contributed by atoms with van der Waals surface area (Å²) in [7, 11) is 0. The molecule has 1 aromatic carbocycles. The topological polar surface area (TPSA) is 61.4 Å². The third kappa shape index (κ3) is 4.18. The molecule has 4 nitrogen and oxygen atoms in total. The zero-order chi connectivity index (χ0) is 12.0. The van der Waals surface area contributed by atoms with Gasteiger partial charge in [0.05, 0.1) is 13.2 Å². The van der Waals surface area contributed by atoms with Crippen LogP contribution in [0, 0.1) is 6.92 Å². The van der Waals surface area contributed by atoms with Gasteiger partial charge in [-0.2, -0.15) is 0 Å². The highest BCUT2D eigenvalue weighted by Crippen LogP contribution is 2.19. The summed E-state index contributed by atoms with van der Waals surface area (Å²) < 4.78 is 0. The molecule has 1 aromatic rings. The van der Waals surface area contributed by atoms with E-state index in [1.54, 1.807) is 12.1 Å². The van der Waals surface area contributed by atoms with Gasteiger partial charge in [0.15, 0.2) is 0 Å². The molecule has 0 spiro atoms. The lowest BCUT2D eigenvalue weighted by molar-refractivity contribution is -0.115. The summed E-state index contributed by atoms with van der Waals surface area (Å²) in [6, 6.07) is 5.33. The van der Waals surface area contributed by atoms with Gasteiger partial charge in [-0.25, -0.2) is 0 Å². The number of hydrogen-bond donors (Lipinski definition) is 3. The summed E-state index contributed by atoms with van der Waals surface area (Å²) in [5.74, 6) is -0.154. The third-order valence-electron chi connectivity index (χ3n) is 2.05. The first kappa shape index (κ1) is 13.0. The second kappa shape index (κ2) is 6.48. The fourth-order valence-electron chi connectivity index (χ4n) is 1.20. The van der Waals surface area contributed by atoms with Crippen LogP contribution in [0.3, 0.4) is 0 Å². The molecule has 5 heteroatoms. The highest BCUT2D eigenvalue weighted by molar-refractivity contribution is 6.31. The van der Waals surface area contributed by atoms with Crippen LogP contribution in [0.5, 0.6) is 0 Å². The van der Waals surface area contributed by atoms with Gasteiger partial charge < -0.3 is 15.7 Å². The Morgan fingerprint density at radius 1 is 1.50 bits per heavy atom. The molecule has 16 heavy (non-hydrogen) atoms. The number of aliphatic hydroxyl groups excluding tert-OH is 1. The highest BCUT2D eigenvalue weighted by Gasteiger charge is 2.04. The van der Waals surface area contributed by atoms with Crippen LogP contribution in [0.4, 0.5) is 5.69 Å². The minimum absolute atomic E-state index is 0.0173. The molecule has 1 rings (SSSR count). The first-order valence-corrected chi connectivity index (χ1v) is 5.39. The van der Waals surface area contributed by atoms with Crippen molar-refractivity contribution in [1.82, 2.24) is 5.32 Å². The van der Waals surface area contributed by atoms with Crippen LogP contribution in [-0.4, -0.2) is 30.7 Å². The zero-order valence-corrected chi connectivity index (χ0v) is 9.84. The number of halogens is 1. The number of amides is 1. The summed E-state index contributed by atoms with van der Waals surface area (Å²) in [6.45, 7) is 2.49. The Balaban J connectivity index is 2.52. The number of benzene rings is 1. The monoisotopic (exact) mass is 242 g/mol. The standard InChI is InChI=1S/C11H15ClN2O2/c1-8-2-3-9(12)6-10(8)14-11(16)7-13-4-5-15/h2-3,6,13,15H,4-5,7H2,1H3,(H,14,16). The van der Waals surface area contributed by atoms with Crippen LogP contribution in [0.2, 0.25) is 5.02 Å². The number of aliphatic hydroxyl groups is 1. The molecule has 1 amide bonds. The van der Waals surface area contributed by atoms with E-state index in [-0.39, 0.29) is 19.1 Å². The third-order valence-corrected chi connectivity index (χ3v) is 2.28. The average molecular weight is 243 g/mol. The Bertz CT molecular complexity index is 369. The van der Waals surface area contributed by atoms with Crippen LogP contribution in [0.25, 0.3) is 0 Å². The van der Waals surface area contributed by atoms with Crippen molar-refractivity contribution in [1.29, 1.82) is 0 Å². The molecule has 0 radical (unpaired) electrons. The van der Waals surface area contributed by atoms with Gasteiger partial charge in [0, 0.05) is 17.3 Å². The van der Waals surface area contributed by atoms with Gasteiger partial charge >= 0.3 is 0 Å². The smallest absolute Gasteiger partial charge is 0.238 e. The maximum atomic E-state index is 11.5. The average Bonchev–Trinajstić information content (AvgIpc) is 2.24. The molecular formula is C11H15ClN2O2. The molecular weight excluding hydrogens is 228 g/mol. The van der Waals surface area contributed by atoms with E-state index >= 15 is 0 Å². The predicted octanol–water partition coefficient (Wildman–Crippen LogP) is 1.17. The second-order valence-corrected chi connectivity index (χ2v) is 3.84. The normalized spacial score (nSPS) is 10.2. The van der Waals surface area contributed by atoms with E-state index in [4.69, 9.17) is 16.7 Å². The van der Waals surface area contributed by atoms with E-state index in [2.05, 4.69) is 10.6 Å². The number of carbonyl (C=O) groups is 1. The molecule has 0 fully saturated rings. The minimum atomic E-state index is -0.154. The molecule has 0 aliphatic rings. The van der Waals surface area contributed by atoms with Crippen LogP contribution >= 0.6 is 11.6 Å². The van der Waals surface area contributed by atoms with Crippen molar-refractivity contribution in [2.45, 2.75) is 6.92 Å². The van der Waals surface area contributed by atoms with Crippen LogP contribution in [0.1, 0.15) is 5.56 Å². The summed E-state index contributed by atoms with van der Waals surface area (Å²) in [5.41, 5.74) is 1.67. The second-order valence-electron chi connectivity index (χ2n) is 3.41. The Labute approximate surface area is 99.6 Å². The van der Waals surface area contributed by atoms with Crippen molar-refractivity contribution in [3.63, 3.8) is 0 Å². The molecule has 0 aliphatic carbocycles. The molecule has 3 N–H and O–H groups in total. The minimum Gasteiger partial charge on any atom is -0.395 e. The molecule has 88 valence electrons. The number of aryl methyl sites for hydroxylation is 1. The van der Waals surface area contributed by atoms with Crippen LogP contribution < -0.4 is 10.6 Å². The molecule has 0 bridgehead atoms. The first-order valence-electron chi connectivity index (χ1n) is 5.01. The van der Waals surface area contributed by atoms with Crippen molar-refractivity contribution < 1.29 is 9.90 Å². The molecule has 0 aliphatic heterocycles. The number of anilines is 1. The maximum Gasteiger partial charge on any atom is 0.238 e. The van der Waals surface area contributed by atoms with Crippen molar-refractivity contribution >= 4 is 23.2 Å². The Morgan fingerprint density at radius 3 is 2.94 bits per heavy atom. The lowest BCUT2D eigenvalue weighted by Gasteiger charge is -2.09. The van der Waals surface area contributed by atoms with Gasteiger partial charge in [0.2, 0.25) is 5.91 Å². The SMILES string of the molecule is Cc1ccc(Cl)cc1NC(=O)CNCCO. The summed E-state index contributed by atoms with van der Waals surface area (Å²) in [6.07, 6.45) is 0. The van der Waals surface area contributed by atoms with E-state index in [0.29, 0.717) is 17.3 Å². The Morgan fingerprint density at radius 2 is 2.25 bits per heavy atom. The lowest BCUT2D eigenvalue weighted by atomic mass is 10.2. The molecule has 0 unspecified atom stereocenters. The van der Waals surface area contributed by atoms with E-state index in [9.17, 15) is 4.79 Å². The quantitative estimate of drug-likeness (QED) is 0.680. The van der Waals surface area contributed by atoms with Gasteiger partial charge in [-0.3, -0.25) is 4.79 Å². The molecule has 0 atom stereocenters. The number of hydrogen-bond acceptors (Lipinski definition) is 3. The molecule has 0 heterocycles. The Hall–Kier alpha value is -1.10. The van der Waals surface area contributed by atoms with Gasteiger partial charge in [-0.05, 0) is 24.6 Å². The summed E-state index contributed by atoms with van der Waals surface area (Å²) in [4.78, 5) is 11.5. The largest absolute Gasteiger partial charge is 0.395 e. The van der Waals surface area contributed by atoms with Gasteiger partial charge in [0.1, 0.15) is 0 Å². The number of rotatable bonds is 5. The van der Waals surface area contributed by atoms with Gasteiger partial charge in [-0.15, -0.1) is 0 Å². The fraction of sp³-hybridized carbons (Fsp3) is 0.364. The molecule has 0 saturated carbocycles. The Kier molecular flexibility index (Phi) is 5.25. The number of carbonyl (C=O) groups excluding carboxylic acids is 1. The van der Waals surface area contributed by atoms with Crippen molar-refractivity contribution in [2.24, 2.45) is 0 Å². The molecule has 0 saturated heterocycles. The van der Waals surface area contributed by atoms with Crippen molar-refractivity contribution in [3.05, 3.63) is 28.8 Å². The predicted molar refractivity (Wildman–Crippen MR) is 64.8 cm³/mol. The number of nitrogens with one attached hydrogen (secondary N) is 2. The van der Waals surface area contributed by atoms with Crippen molar-refractivity contribution in [2.75, 3.05) is 25.0 Å². The summed E-state index contributed by atoms with van der Waals surface area (Å²) in [5, 5.41) is 14.7. The van der Waals surface area contributed by atoms with E-state index < -0.39 is 0 Å². The first-order chi connectivity index (χ1) is 7.63. The van der Waals surface area contributed by atoms with Crippen LogP contribution in [0.15, 0.2) is 18.2 Å². The van der Waals surface area contributed by atoms with E-state index in [1.807, 2.05) is 13.0 Å². The highest BCUT2D eigenvalue weighted by atomic mass is 35.5. The fourth-order valence-corrected chi connectivity index (χ4v) is 1.38. The molecule has 0 aromatic heterocycles. The maximum absolute atomic E-state index is 11.5. The van der Waals surface area contributed by atoms with Crippen molar-refractivity contribution in [3.8, 4) is 0 Å². The summed E-state index contributed by atoms with van der Waals surface area (Å²) >= 11 is 5.83. The lowest BCUT2D eigenvalue weighted by Crippen LogP contribution is -2.30. The van der Waals surface area contributed by atoms with Gasteiger partial charge in [-0.1, -0.05) is 17.7 Å². The van der Waals surface area contributed by atoms with E-state index in [0.717, 1.165) is 5.56 Å².